The molecule has 0 bridgehead atoms. The van der Waals surface area contributed by atoms with E-state index in [1.54, 1.807) is 16.8 Å². The van der Waals surface area contributed by atoms with Gasteiger partial charge in [-0.2, -0.15) is 5.10 Å². The van der Waals surface area contributed by atoms with Crippen LogP contribution in [-0.2, 0) is 5.33 Å². The van der Waals surface area contributed by atoms with Gasteiger partial charge < -0.3 is 0 Å². The van der Waals surface area contributed by atoms with Crippen molar-refractivity contribution >= 4 is 21.6 Å². The topological polar surface area (TPSA) is 22.2 Å². The molecular weight excluding hydrogens is 254 g/mol. The van der Waals surface area contributed by atoms with Crippen LogP contribution in [0.5, 0.6) is 0 Å². The lowest BCUT2D eigenvalue weighted by atomic mass is 10.3. The van der Waals surface area contributed by atoms with Gasteiger partial charge >= 0.3 is 0 Å². The van der Waals surface area contributed by atoms with Crippen LogP contribution in [-0.4, -0.2) is 9.78 Å². The van der Waals surface area contributed by atoms with Gasteiger partial charge in [0.15, 0.2) is 5.69 Å². The van der Waals surface area contributed by atoms with Crippen molar-refractivity contribution in [2.24, 2.45) is 0 Å². The summed E-state index contributed by atoms with van der Waals surface area (Å²) in [6.45, 7) is 6.85. The molecule has 2 rings (SSSR count). The van der Waals surface area contributed by atoms with Gasteiger partial charge in [0.2, 0.25) is 0 Å². The number of hydrogen-bond donors (Lipinski definition) is 0. The van der Waals surface area contributed by atoms with Crippen molar-refractivity contribution in [2.45, 2.75) is 5.33 Å². The molecule has 0 N–H and O–H groups in total. The maximum Gasteiger partial charge on any atom is 0.187 e. The average molecular weight is 262 g/mol. The predicted octanol–water partition coefficient (Wildman–Crippen LogP) is 3.32. The summed E-state index contributed by atoms with van der Waals surface area (Å²) in [6, 6.07) is 7.35. The Morgan fingerprint density at radius 3 is 2.60 bits per heavy atom. The fraction of sp³-hybridized carbons (Fsp3) is 0.0909. The minimum Gasteiger partial charge on any atom is -0.241 e. The first kappa shape index (κ1) is 9.94. The van der Waals surface area contributed by atoms with E-state index in [0.717, 1.165) is 16.6 Å². The highest BCUT2D eigenvalue weighted by Gasteiger charge is 1.99. The number of alkyl halides is 1. The minimum atomic E-state index is 0.645. The van der Waals surface area contributed by atoms with E-state index in [0.29, 0.717) is 5.69 Å². The molecule has 3 nitrogen and oxygen atoms in total. The molecule has 0 radical (unpaired) electrons. The number of nitrogens with zero attached hydrogens (tertiary/aromatic N) is 3. The SMILES string of the molecule is [C-]#[N+]c1ccc(-n2cc(CBr)cn2)cc1. The van der Waals surface area contributed by atoms with Crippen LogP contribution in [0.1, 0.15) is 5.56 Å². The summed E-state index contributed by atoms with van der Waals surface area (Å²) in [7, 11) is 0. The van der Waals surface area contributed by atoms with Crippen LogP contribution in [0.25, 0.3) is 10.5 Å². The summed E-state index contributed by atoms with van der Waals surface area (Å²) in [4.78, 5) is 3.34. The van der Waals surface area contributed by atoms with E-state index in [1.807, 2.05) is 24.5 Å². The zero-order chi connectivity index (χ0) is 10.7. The lowest BCUT2D eigenvalue weighted by molar-refractivity contribution is 0.880. The van der Waals surface area contributed by atoms with Crippen molar-refractivity contribution in [2.75, 3.05) is 0 Å². The summed E-state index contributed by atoms with van der Waals surface area (Å²) in [6.07, 6.45) is 3.78. The van der Waals surface area contributed by atoms with Gasteiger partial charge in [0, 0.05) is 17.1 Å². The van der Waals surface area contributed by atoms with Crippen LogP contribution < -0.4 is 0 Å². The summed E-state index contributed by atoms with van der Waals surface area (Å²) in [5.41, 5.74) is 2.74. The van der Waals surface area contributed by atoms with Crippen molar-refractivity contribution in [1.29, 1.82) is 0 Å². The molecule has 1 aromatic carbocycles. The first-order valence-corrected chi connectivity index (χ1v) is 5.53. The molecule has 0 saturated carbocycles. The molecular formula is C11H8BrN3. The molecule has 4 heteroatoms. The molecule has 0 aliphatic carbocycles. The Hall–Kier alpha value is -1.60. The number of rotatable bonds is 2. The fourth-order valence-corrected chi connectivity index (χ4v) is 1.54. The summed E-state index contributed by atoms with van der Waals surface area (Å²) in [5.74, 6) is 0. The van der Waals surface area contributed by atoms with E-state index in [-0.39, 0.29) is 0 Å². The van der Waals surface area contributed by atoms with E-state index in [2.05, 4.69) is 25.9 Å². The molecule has 0 aliphatic rings. The summed E-state index contributed by atoms with van der Waals surface area (Å²) < 4.78 is 1.80. The molecule has 1 heterocycles. The van der Waals surface area contributed by atoms with Gasteiger partial charge in [-0.25, -0.2) is 9.53 Å². The smallest absolute Gasteiger partial charge is 0.187 e. The van der Waals surface area contributed by atoms with Crippen LogP contribution in [0.4, 0.5) is 5.69 Å². The van der Waals surface area contributed by atoms with Crippen LogP contribution in [0.3, 0.4) is 0 Å². The van der Waals surface area contributed by atoms with Gasteiger partial charge in [0.25, 0.3) is 0 Å². The van der Waals surface area contributed by atoms with Crippen molar-refractivity contribution < 1.29 is 0 Å². The van der Waals surface area contributed by atoms with Crippen molar-refractivity contribution in [3.63, 3.8) is 0 Å². The normalized spacial score (nSPS) is 9.87. The largest absolute Gasteiger partial charge is 0.241 e. The van der Waals surface area contributed by atoms with E-state index >= 15 is 0 Å². The Labute approximate surface area is 96.3 Å². The molecule has 0 atom stereocenters. The van der Waals surface area contributed by atoms with E-state index in [1.165, 1.54) is 0 Å². The highest BCUT2D eigenvalue weighted by Crippen LogP contribution is 2.16. The van der Waals surface area contributed by atoms with Crippen LogP contribution in [0.15, 0.2) is 36.7 Å². The van der Waals surface area contributed by atoms with Crippen LogP contribution in [0.2, 0.25) is 0 Å². The Morgan fingerprint density at radius 2 is 2.07 bits per heavy atom. The minimum absolute atomic E-state index is 0.645. The van der Waals surface area contributed by atoms with E-state index in [4.69, 9.17) is 6.57 Å². The Kier molecular flexibility index (Phi) is 2.84. The highest BCUT2D eigenvalue weighted by molar-refractivity contribution is 9.08. The number of hydrogen-bond acceptors (Lipinski definition) is 1. The fourth-order valence-electron chi connectivity index (χ4n) is 1.25. The lowest BCUT2D eigenvalue weighted by Gasteiger charge is -1.99. The standard InChI is InChI=1S/C11H8BrN3/c1-13-10-2-4-11(5-3-10)15-8-9(6-12)7-14-15/h2-5,7-8H,6H2. The maximum atomic E-state index is 6.85. The second-order valence-corrected chi connectivity index (χ2v) is 3.62. The molecule has 74 valence electrons. The zero-order valence-corrected chi connectivity index (χ0v) is 9.48. The highest BCUT2D eigenvalue weighted by atomic mass is 79.9. The Bertz CT molecular complexity index is 493. The maximum absolute atomic E-state index is 6.85. The summed E-state index contributed by atoms with van der Waals surface area (Å²) >= 11 is 3.37. The van der Waals surface area contributed by atoms with Crippen LogP contribution >= 0.6 is 15.9 Å². The van der Waals surface area contributed by atoms with Gasteiger partial charge in [-0.3, -0.25) is 0 Å². The van der Waals surface area contributed by atoms with Crippen LogP contribution in [0, 0.1) is 6.57 Å². The Morgan fingerprint density at radius 1 is 1.33 bits per heavy atom. The lowest BCUT2D eigenvalue weighted by Crippen LogP contribution is -1.92. The van der Waals surface area contributed by atoms with E-state index < -0.39 is 0 Å². The Balaban J connectivity index is 2.33. The zero-order valence-electron chi connectivity index (χ0n) is 7.89. The van der Waals surface area contributed by atoms with E-state index in [9.17, 15) is 0 Å². The van der Waals surface area contributed by atoms with Crippen molar-refractivity contribution in [3.8, 4) is 5.69 Å². The molecule has 0 saturated heterocycles. The molecule has 2 aromatic rings. The molecule has 1 aromatic heterocycles. The van der Waals surface area contributed by atoms with Gasteiger partial charge in [0.05, 0.1) is 18.5 Å². The third-order valence-corrected chi connectivity index (χ3v) is 2.68. The summed E-state index contributed by atoms with van der Waals surface area (Å²) in [5, 5.41) is 5.02. The van der Waals surface area contributed by atoms with Gasteiger partial charge in [-0.15, -0.1) is 0 Å². The second-order valence-electron chi connectivity index (χ2n) is 3.05. The monoisotopic (exact) mass is 261 g/mol. The van der Waals surface area contributed by atoms with Crippen molar-refractivity contribution in [3.05, 3.63) is 53.6 Å². The third-order valence-electron chi connectivity index (χ3n) is 2.03. The van der Waals surface area contributed by atoms with Gasteiger partial charge in [0.1, 0.15) is 0 Å². The molecule has 15 heavy (non-hydrogen) atoms. The second kappa shape index (κ2) is 4.28. The number of benzene rings is 1. The molecule has 0 amide bonds. The average Bonchev–Trinajstić information content (AvgIpc) is 2.78. The molecule has 0 aliphatic heterocycles. The number of halogens is 1. The van der Waals surface area contributed by atoms with Crippen molar-refractivity contribution in [1.82, 2.24) is 9.78 Å². The first-order chi connectivity index (χ1) is 7.33. The quantitative estimate of drug-likeness (QED) is 0.601. The number of aromatic nitrogens is 2. The molecule has 0 spiro atoms. The first-order valence-electron chi connectivity index (χ1n) is 4.41. The molecule has 0 unspecified atom stereocenters. The third kappa shape index (κ3) is 2.08. The van der Waals surface area contributed by atoms with Gasteiger partial charge in [-0.05, 0) is 12.1 Å². The van der Waals surface area contributed by atoms with Gasteiger partial charge in [-0.1, -0.05) is 28.1 Å². The molecule has 0 fully saturated rings. The predicted molar refractivity (Wildman–Crippen MR) is 62.5 cm³/mol.